The van der Waals surface area contributed by atoms with Crippen molar-refractivity contribution in [3.63, 3.8) is 0 Å². The number of H-pyrrole nitrogens is 1. The number of amides is 1. The number of ether oxygens (including phenoxy) is 1. The number of aryl methyl sites for hydroxylation is 1. The lowest BCUT2D eigenvalue weighted by Gasteiger charge is -2.06. The number of carbonyl (C=O) groups excluding carboxylic acids is 1. The van der Waals surface area contributed by atoms with E-state index >= 15 is 0 Å². The van der Waals surface area contributed by atoms with Crippen molar-refractivity contribution in [3.05, 3.63) is 47.3 Å². The fraction of sp³-hybridized carbons (Fsp3) is 0.231. The number of hydrogen-bond donors (Lipinski definition) is 2. The fourth-order valence-electron chi connectivity index (χ4n) is 1.68. The first kappa shape index (κ1) is 12.3. The van der Waals surface area contributed by atoms with Crippen molar-refractivity contribution >= 4 is 11.6 Å². The van der Waals surface area contributed by atoms with Gasteiger partial charge in [-0.3, -0.25) is 9.89 Å². The molecular weight excluding hydrogens is 230 g/mol. The number of aromatic amines is 1. The third-order valence-corrected chi connectivity index (χ3v) is 2.57. The number of nitrogens with one attached hydrogen (secondary N) is 2. The Hall–Kier alpha value is -2.14. The molecule has 18 heavy (non-hydrogen) atoms. The van der Waals surface area contributed by atoms with Crippen LogP contribution < -0.4 is 5.32 Å². The summed E-state index contributed by atoms with van der Waals surface area (Å²) in [6.07, 6.45) is 1.52. The van der Waals surface area contributed by atoms with Gasteiger partial charge in [0.2, 0.25) is 0 Å². The number of rotatable bonds is 4. The van der Waals surface area contributed by atoms with Gasteiger partial charge in [0, 0.05) is 18.5 Å². The van der Waals surface area contributed by atoms with Crippen LogP contribution in [0.15, 0.2) is 30.5 Å². The van der Waals surface area contributed by atoms with E-state index in [1.807, 2.05) is 31.2 Å². The topological polar surface area (TPSA) is 67.0 Å². The van der Waals surface area contributed by atoms with Crippen LogP contribution in [0.1, 0.15) is 21.6 Å². The second kappa shape index (κ2) is 5.46. The van der Waals surface area contributed by atoms with Crippen LogP contribution in [0.25, 0.3) is 0 Å². The van der Waals surface area contributed by atoms with E-state index in [2.05, 4.69) is 15.5 Å². The highest BCUT2D eigenvalue weighted by Crippen LogP contribution is 2.13. The molecule has 5 heteroatoms. The van der Waals surface area contributed by atoms with Gasteiger partial charge in [-0.05, 0) is 24.6 Å². The largest absolute Gasteiger partial charge is 0.380 e. The molecule has 0 atom stereocenters. The average molecular weight is 245 g/mol. The lowest BCUT2D eigenvalue weighted by Crippen LogP contribution is -2.12. The smallest absolute Gasteiger partial charge is 0.259 e. The molecule has 2 rings (SSSR count). The van der Waals surface area contributed by atoms with Crippen LogP contribution in [0.5, 0.6) is 0 Å². The number of nitrogens with zero attached hydrogens (tertiary/aromatic N) is 1. The zero-order chi connectivity index (χ0) is 13.0. The van der Waals surface area contributed by atoms with Gasteiger partial charge in [-0.15, -0.1) is 0 Å². The zero-order valence-electron chi connectivity index (χ0n) is 10.4. The Kier molecular flexibility index (Phi) is 3.74. The van der Waals surface area contributed by atoms with Crippen LogP contribution in [-0.2, 0) is 11.3 Å². The number of hydrogen-bond acceptors (Lipinski definition) is 3. The van der Waals surface area contributed by atoms with Gasteiger partial charge >= 0.3 is 0 Å². The third kappa shape index (κ3) is 2.75. The first-order valence-corrected chi connectivity index (χ1v) is 5.60. The highest BCUT2D eigenvalue weighted by atomic mass is 16.5. The second-order valence-corrected chi connectivity index (χ2v) is 4.00. The Balaban J connectivity index is 2.12. The number of aromatic nitrogens is 2. The molecular formula is C13H15N3O2. The van der Waals surface area contributed by atoms with Gasteiger partial charge in [-0.25, -0.2) is 0 Å². The highest BCUT2D eigenvalue weighted by Gasteiger charge is 2.10. The summed E-state index contributed by atoms with van der Waals surface area (Å²) in [5, 5.41) is 9.39. The van der Waals surface area contributed by atoms with E-state index < -0.39 is 0 Å². The molecule has 1 aromatic carbocycles. The fourth-order valence-corrected chi connectivity index (χ4v) is 1.68. The lowest BCUT2D eigenvalue weighted by atomic mass is 10.2. The predicted molar refractivity (Wildman–Crippen MR) is 68.4 cm³/mol. The van der Waals surface area contributed by atoms with Crippen molar-refractivity contribution in [2.75, 3.05) is 12.4 Å². The van der Waals surface area contributed by atoms with Gasteiger partial charge in [0.1, 0.15) is 0 Å². The van der Waals surface area contributed by atoms with Crippen molar-refractivity contribution < 1.29 is 9.53 Å². The molecule has 94 valence electrons. The third-order valence-electron chi connectivity index (χ3n) is 2.57. The maximum atomic E-state index is 12.0. The van der Waals surface area contributed by atoms with Crippen LogP contribution in [0.3, 0.4) is 0 Å². The molecule has 2 N–H and O–H groups in total. The SMILES string of the molecule is COCc1cccc(NC(=O)c2cn[nH]c2C)c1. The molecule has 0 bridgehead atoms. The Morgan fingerprint density at radius 3 is 3.00 bits per heavy atom. The molecule has 1 amide bonds. The highest BCUT2D eigenvalue weighted by molar-refractivity contribution is 6.04. The molecule has 0 spiro atoms. The Labute approximate surface area is 105 Å². The van der Waals surface area contributed by atoms with Gasteiger partial charge in [0.25, 0.3) is 5.91 Å². The summed E-state index contributed by atoms with van der Waals surface area (Å²) in [4.78, 5) is 12.0. The van der Waals surface area contributed by atoms with E-state index in [-0.39, 0.29) is 5.91 Å². The van der Waals surface area contributed by atoms with Gasteiger partial charge < -0.3 is 10.1 Å². The van der Waals surface area contributed by atoms with Crippen molar-refractivity contribution in [1.29, 1.82) is 0 Å². The summed E-state index contributed by atoms with van der Waals surface area (Å²) in [6.45, 7) is 2.33. The quantitative estimate of drug-likeness (QED) is 0.867. The van der Waals surface area contributed by atoms with Crippen molar-refractivity contribution in [3.8, 4) is 0 Å². The summed E-state index contributed by atoms with van der Waals surface area (Å²) >= 11 is 0. The molecule has 0 aliphatic carbocycles. The summed E-state index contributed by atoms with van der Waals surface area (Å²) in [7, 11) is 1.64. The summed E-state index contributed by atoms with van der Waals surface area (Å²) in [5.41, 5.74) is 3.06. The molecule has 0 radical (unpaired) electrons. The maximum Gasteiger partial charge on any atom is 0.259 e. The Bertz CT molecular complexity index is 549. The minimum atomic E-state index is -0.171. The summed E-state index contributed by atoms with van der Waals surface area (Å²) in [6, 6.07) is 7.55. The molecule has 2 aromatic rings. The predicted octanol–water partition coefficient (Wildman–Crippen LogP) is 2.12. The van der Waals surface area contributed by atoms with Crippen LogP contribution in [0.4, 0.5) is 5.69 Å². The summed E-state index contributed by atoms with van der Waals surface area (Å²) in [5.74, 6) is -0.171. The van der Waals surface area contributed by atoms with Crippen molar-refractivity contribution in [1.82, 2.24) is 10.2 Å². The molecule has 0 saturated heterocycles. The molecule has 1 heterocycles. The van der Waals surface area contributed by atoms with Gasteiger partial charge in [-0.1, -0.05) is 12.1 Å². The minimum Gasteiger partial charge on any atom is -0.380 e. The van der Waals surface area contributed by atoms with Crippen LogP contribution >= 0.6 is 0 Å². The number of carbonyl (C=O) groups is 1. The molecule has 0 saturated carbocycles. The number of benzene rings is 1. The van der Waals surface area contributed by atoms with Gasteiger partial charge in [0.15, 0.2) is 0 Å². The molecule has 0 aliphatic heterocycles. The summed E-state index contributed by atoms with van der Waals surface area (Å²) < 4.78 is 5.05. The standard InChI is InChI=1S/C13H15N3O2/c1-9-12(7-14-16-9)13(17)15-11-5-3-4-10(6-11)8-18-2/h3-7H,8H2,1-2H3,(H,14,16)(H,15,17). The first-order valence-electron chi connectivity index (χ1n) is 5.60. The molecule has 5 nitrogen and oxygen atoms in total. The van der Waals surface area contributed by atoms with Crippen LogP contribution in [0, 0.1) is 6.92 Å². The first-order chi connectivity index (χ1) is 8.70. The zero-order valence-corrected chi connectivity index (χ0v) is 10.4. The van der Waals surface area contributed by atoms with E-state index in [1.54, 1.807) is 7.11 Å². The average Bonchev–Trinajstić information content (AvgIpc) is 2.76. The van der Waals surface area contributed by atoms with E-state index in [1.165, 1.54) is 6.20 Å². The van der Waals surface area contributed by atoms with Gasteiger partial charge in [0.05, 0.1) is 18.4 Å². The number of methoxy groups -OCH3 is 1. The Morgan fingerprint density at radius 2 is 2.33 bits per heavy atom. The normalized spacial score (nSPS) is 10.3. The second-order valence-electron chi connectivity index (χ2n) is 4.00. The van der Waals surface area contributed by atoms with E-state index in [0.29, 0.717) is 12.2 Å². The molecule has 0 aliphatic rings. The molecule has 0 fully saturated rings. The van der Waals surface area contributed by atoms with Crippen molar-refractivity contribution in [2.24, 2.45) is 0 Å². The molecule has 1 aromatic heterocycles. The van der Waals surface area contributed by atoms with E-state index in [4.69, 9.17) is 4.74 Å². The lowest BCUT2D eigenvalue weighted by molar-refractivity contribution is 0.102. The van der Waals surface area contributed by atoms with Gasteiger partial charge in [-0.2, -0.15) is 5.10 Å². The van der Waals surface area contributed by atoms with Crippen molar-refractivity contribution in [2.45, 2.75) is 13.5 Å². The minimum absolute atomic E-state index is 0.171. The van der Waals surface area contributed by atoms with Crippen LogP contribution in [-0.4, -0.2) is 23.2 Å². The van der Waals surface area contributed by atoms with E-state index in [0.717, 1.165) is 16.9 Å². The Morgan fingerprint density at radius 1 is 1.50 bits per heavy atom. The van der Waals surface area contributed by atoms with Crippen LogP contribution in [0.2, 0.25) is 0 Å². The number of anilines is 1. The van der Waals surface area contributed by atoms with E-state index in [9.17, 15) is 4.79 Å². The maximum absolute atomic E-state index is 12.0. The monoisotopic (exact) mass is 245 g/mol. The molecule has 0 unspecified atom stereocenters.